The Morgan fingerprint density at radius 3 is 2.07 bits per heavy atom. The van der Waals surface area contributed by atoms with Crippen LogP contribution >= 0.6 is 0 Å². The summed E-state index contributed by atoms with van der Waals surface area (Å²) in [6.45, 7) is -1.67. The van der Waals surface area contributed by atoms with E-state index in [1.807, 2.05) is 0 Å². The van der Waals surface area contributed by atoms with Gasteiger partial charge in [-0.2, -0.15) is 0 Å². The summed E-state index contributed by atoms with van der Waals surface area (Å²) in [7, 11) is 0. The topological polar surface area (TPSA) is 99.1 Å². The first-order chi connectivity index (χ1) is 6.49. The van der Waals surface area contributed by atoms with Gasteiger partial charge in [-0.15, -0.1) is 0 Å². The SMILES string of the molecule is O=C1CC2(O)CC(=O)OC(O1)OC2=O. The van der Waals surface area contributed by atoms with Crippen molar-refractivity contribution in [2.24, 2.45) is 0 Å². The summed E-state index contributed by atoms with van der Waals surface area (Å²) in [6.07, 6.45) is -1.20. The molecule has 0 amide bonds. The van der Waals surface area contributed by atoms with Crippen LogP contribution in [0, 0.1) is 0 Å². The monoisotopic (exact) mass is 202 g/mol. The van der Waals surface area contributed by atoms with E-state index in [1.165, 1.54) is 0 Å². The number of esters is 3. The van der Waals surface area contributed by atoms with Crippen LogP contribution in [0.1, 0.15) is 12.8 Å². The van der Waals surface area contributed by atoms with Gasteiger partial charge in [0.2, 0.25) is 0 Å². The fraction of sp³-hybridized carbons (Fsp3) is 0.571. The number of carbonyl (C=O) groups excluding carboxylic acids is 3. The Hall–Kier alpha value is -1.63. The lowest BCUT2D eigenvalue weighted by atomic mass is 9.96. The summed E-state index contributed by atoms with van der Waals surface area (Å²) in [5.74, 6) is -2.79. The molecular weight excluding hydrogens is 196 g/mol. The molecule has 0 radical (unpaired) electrons. The second-order valence-electron chi connectivity index (χ2n) is 3.06. The van der Waals surface area contributed by atoms with Crippen LogP contribution in [-0.2, 0) is 28.6 Å². The lowest BCUT2D eigenvalue weighted by Crippen LogP contribution is -2.41. The maximum absolute atomic E-state index is 11.2. The molecule has 0 aliphatic carbocycles. The predicted octanol–water partition coefficient (Wildman–Crippen LogP) is -1.56. The molecule has 2 rings (SSSR count). The largest absolute Gasteiger partial charge is 0.412 e. The second-order valence-corrected chi connectivity index (χ2v) is 3.06. The average Bonchev–Trinajstić information content (AvgIpc) is 2.13. The molecular formula is C7H6O7. The van der Waals surface area contributed by atoms with Gasteiger partial charge >= 0.3 is 24.4 Å². The van der Waals surface area contributed by atoms with Crippen molar-refractivity contribution < 1.29 is 33.7 Å². The third kappa shape index (κ3) is 1.31. The van der Waals surface area contributed by atoms with E-state index in [-0.39, 0.29) is 0 Å². The highest BCUT2D eigenvalue weighted by molar-refractivity contribution is 5.92. The lowest BCUT2D eigenvalue weighted by Gasteiger charge is -2.18. The summed E-state index contributed by atoms with van der Waals surface area (Å²) in [4.78, 5) is 33.1. The second kappa shape index (κ2) is 2.68. The van der Waals surface area contributed by atoms with Crippen LogP contribution in [-0.4, -0.2) is 35.1 Å². The zero-order valence-electron chi connectivity index (χ0n) is 6.89. The molecule has 2 aliphatic rings. The van der Waals surface area contributed by atoms with Gasteiger partial charge in [0.1, 0.15) is 0 Å². The Kier molecular flexibility index (Phi) is 1.71. The highest BCUT2D eigenvalue weighted by Gasteiger charge is 2.51. The summed E-state index contributed by atoms with van der Waals surface area (Å²) in [6, 6.07) is 0. The van der Waals surface area contributed by atoms with Crippen LogP contribution in [0.2, 0.25) is 0 Å². The Morgan fingerprint density at radius 2 is 1.57 bits per heavy atom. The van der Waals surface area contributed by atoms with Crippen molar-refractivity contribution in [2.45, 2.75) is 24.9 Å². The molecule has 0 aromatic heterocycles. The van der Waals surface area contributed by atoms with Gasteiger partial charge in [0, 0.05) is 0 Å². The van der Waals surface area contributed by atoms with Gasteiger partial charge in [0.05, 0.1) is 12.8 Å². The fourth-order valence-corrected chi connectivity index (χ4v) is 1.25. The molecule has 2 heterocycles. The van der Waals surface area contributed by atoms with Gasteiger partial charge in [0.25, 0.3) is 0 Å². The summed E-state index contributed by atoms with van der Waals surface area (Å²) in [5, 5.41) is 9.61. The van der Waals surface area contributed by atoms with Crippen LogP contribution in [0.4, 0.5) is 0 Å². The normalized spacial score (nSPS) is 36.6. The van der Waals surface area contributed by atoms with E-state index in [0.717, 1.165) is 0 Å². The lowest BCUT2D eigenvalue weighted by molar-refractivity contribution is -0.250. The fourth-order valence-electron chi connectivity index (χ4n) is 1.25. The maximum atomic E-state index is 11.2. The molecule has 14 heavy (non-hydrogen) atoms. The third-order valence-corrected chi connectivity index (χ3v) is 1.91. The summed E-state index contributed by atoms with van der Waals surface area (Å²) in [5.41, 5.74) is -2.15. The first-order valence-corrected chi connectivity index (χ1v) is 3.82. The minimum Gasteiger partial charge on any atom is -0.390 e. The molecule has 0 spiro atoms. The molecule has 1 N–H and O–H groups in total. The molecule has 0 unspecified atom stereocenters. The molecule has 2 aliphatic heterocycles. The van der Waals surface area contributed by atoms with E-state index in [1.54, 1.807) is 0 Å². The number of fused-ring (bicyclic) bond motifs is 3. The van der Waals surface area contributed by atoms with Gasteiger partial charge in [-0.3, -0.25) is 9.59 Å². The minimum absolute atomic E-state index is 0.600. The van der Waals surface area contributed by atoms with Crippen molar-refractivity contribution in [1.82, 2.24) is 0 Å². The van der Waals surface area contributed by atoms with E-state index < -0.39 is 42.8 Å². The predicted molar refractivity (Wildman–Crippen MR) is 36.2 cm³/mol. The molecule has 0 atom stereocenters. The average molecular weight is 202 g/mol. The summed E-state index contributed by atoms with van der Waals surface area (Å²) >= 11 is 0. The van der Waals surface area contributed by atoms with Crippen molar-refractivity contribution in [3.63, 3.8) is 0 Å². The van der Waals surface area contributed by atoms with Gasteiger partial charge in [0.15, 0.2) is 5.60 Å². The first kappa shape index (κ1) is 8.95. The number of rotatable bonds is 0. The summed E-state index contributed by atoms with van der Waals surface area (Å²) < 4.78 is 13.2. The van der Waals surface area contributed by atoms with E-state index in [9.17, 15) is 19.5 Å². The molecule has 2 bridgehead atoms. The van der Waals surface area contributed by atoms with Crippen molar-refractivity contribution in [3.8, 4) is 0 Å². The van der Waals surface area contributed by atoms with Crippen molar-refractivity contribution in [2.75, 3.05) is 0 Å². The van der Waals surface area contributed by atoms with Crippen molar-refractivity contribution in [1.29, 1.82) is 0 Å². The van der Waals surface area contributed by atoms with Crippen LogP contribution in [0.5, 0.6) is 0 Å². The number of carbonyl (C=O) groups is 3. The van der Waals surface area contributed by atoms with Crippen LogP contribution < -0.4 is 0 Å². The highest BCUT2D eigenvalue weighted by atomic mass is 16.9. The molecule has 2 saturated heterocycles. The quantitative estimate of drug-likeness (QED) is 0.474. The molecule has 0 aromatic carbocycles. The Bertz CT molecular complexity index is 300. The van der Waals surface area contributed by atoms with Gasteiger partial charge < -0.3 is 19.3 Å². The molecule has 0 saturated carbocycles. The molecule has 2 fully saturated rings. The Labute approximate surface area is 77.5 Å². The van der Waals surface area contributed by atoms with E-state index in [0.29, 0.717) is 0 Å². The van der Waals surface area contributed by atoms with Gasteiger partial charge in [-0.05, 0) is 0 Å². The van der Waals surface area contributed by atoms with Gasteiger partial charge in [-0.1, -0.05) is 0 Å². The maximum Gasteiger partial charge on any atom is 0.412 e. The van der Waals surface area contributed by atoms with Crippen LogP contribution in [0.15, 0.2) is 0 Å². The van der Waals surface area contributed by atoms with Gasteiger partial charge in [-0.25, -0.2) is 4.79 Å². The van der Waals surface area contributed by atoms with Crippen LogP contribution in [0.3, 0.4) is 0 Å². The standard InChI is InChI=1S/C7H6O7/c8-3-1-7(11)2-4(9)13-6(12-3)14-5(7)10/h6,11H,1-2H2. The molecule has 7 heteroatoms. The minimum atomic E-state index is -2.15. The number of hydrogen-bond donors (Lipinski definition) is 1. The van der Waals surface area contributed by atoms with Crippen molar-refractivity contribution >= 4 is 17.9 Å². The number of hydrogen-bond acceptors (Lipinski definition) is 7. The van der Waals surface area contributed by atoms with Crippen LogP contribution in [0.25, 0.3) is 0 Å². The highest BCUT2D eigenvalue weighted by Crippen LogP contribution is 2.27. The number of ether oxygens (including phenoxy) is 3. The molecule has 76 valence electrons. The Balaban J connectivity index is 2.39. The van der Waals surface area contributed by atoms with E-state index in [2.05, 4.69) is 14.2 Å². The first-order valence-electron chi connectivity index (χ1n) is 3.82. The van der Waals surface area contributed by atoms with E-state index >= 15 is 0 Å². The molecule has 0 aromatic rings. The smallest absolute Gasteiger partial charge is 0.390 e. The van der Waals surface area contributed by atoms with E-state index in [4.69, 9.17) is 0 Å². The third-order valence-electron chi connectivity index (χ3n) is 1.91. The number of aliphatic hydroxyl groups is 1. The zero-order chi connectivity index (χ0) is 10.3. The van der Waals surface area contributed by atoms with Crippen molar-refractivity contribution in [3.05, 3.63) is 0 Å². The molecule has 7 nitrogen and oxygen atoms in total. The Morgan fingerprint density at radius 1 is 1.07 bits per heavy atom. The zero-order valence-corrected chi connectivity index (χ0v) is 6.89.